The first-order valence-electron chi connectivity index (χ1n) is 5.45. The second-order valence-electron chi connectivity index (χ2n) is 4.09. The lowest BCUT2D eigenvalue weighted by atomic mass is 9.85. The van der Waals surface area contributed by atoms with Crippen molar-refractivity contribution in [3.8, 4) is 0 Å². The summed E-state index contributed by atoms with van der Waals surface area (Å²) in [5, 5.41) is 18.0. The molecule has 6 heteroatoms. The van der Waals surface area contributed by atoms with Crippen LogP contribution in [0, 0.1) is 5.92 Å². The Labute approximate surface area is 102 Å². The summed E-state index contributed by atoms with van der Waals surface area (Å²) < 4.78 is 1.89. The number of carboxylic acids is 1. The van der Waals surface area contributed by atoms with E-state index >= 15 is 0 Å². The fourth-order valence-corrected chi connectivity index (χ4v) is 3.23. The van der Waals surface area contributed by atoms with Crippen LogP contribution in [0.15, 0.2) is 29.6 Å². The van der Waals surface area contributed by atoms with Gasteiger partial charge in [-0.3, -0.25) is 9.20 Å². The minimum absolute atomic E-state index is 0.125. The van der Waals surface area contributed by atoms with Gasteiger partial charge in [-0.1, -0.05) is 17.8 Å². The van der Waals surface area contributed by atoms with E-state index in [1.807, 2.05) is 28.8 Å². The molecule has 0 aromatic carbocycles. The number of carbonyl (C=O) groups is 1. The van der Waals surface area contributed by atoms with Crippen LogP contribution in [0.5, 0.6) is 0 Å². The van der Waals surface area contributed by atoms with Crippen LogP contribution in [0.25, 0.3) is 5.65 Å². The Kier molecular flexibility index (Phi) is 2.51. The van der Waals surface area contributed by atoms with Crippen LogP contribution in [0.4, 0.5) is 0 Å². The van der Waals surface area contributed by atoms with E-state index in [4.69, 9.17) is 5.11 Å². The highest BCUT2D eigenvalue weighted by Gasteiger charge is 2.38. The molecular weight excluding hydrogens is 238 g/mol. The van der Waals surface area contributed by atoms with Crippen molar-refractivity contribution in [1.82, 2.24) is 14.6 Å². The molecule has 0 aliphatic heterocycles. The number of aromatic nitrogens is 3. The number of rotatable bonds is 3. The van der Waals surface area contributed by atoms with E-state index in [2.05, 4.69) is 10.2 Å². The maximum absolute atomic E-state index is 10.9. The molecule has 88 valence electrons. The molecule has 0 spiro atoms. The summed E-state index contributed by atoms with van der Waals surface area (Å²) >= 11 is 1.51. The largest absolute Gasteiger partial charge is 0.481 e. The first-order valence-corrected chi connectivity index (χ1v) is 6.33. The van der Waals surface area contributed by atoms with Gasteiger partial charge in [-0.2, -0.15) is 0 Å². The third-order valence-corrected chi connectivity index (χ3v) is 4.42. The van der Waals surface area contributed by atoms with Gasteiger partial charge in [0.1, 0.15) is 0 Å². The SMILES string of the molecule is O=C(O)C1CCC1Sc1nnc2ccccn12. The molecule has 2 atom stereocenters. The molecule has 1 fully saturated rings. The average molecular weight is 249 g/mol. The zero-order valence-electron chi connectivity index (χ0n) is 8.98. The van der Waals surface area contributed by atoms with Gasteiger partial charge in [0.05, 0.1) is 5.92 Å². The summed E-state index contributed by atoms with van der Waals surface area (Å²) in [6.45, 7) is 0. The number of hydrogen-bond donors (Lipinski definition) is 1. The smallest absolute Gasteiger partial charge is 0.307 e. The van der Waals surface area contributed by atoms with Gasteiger partial charge in [0, 0.05) is 11.4 Å². The number of thioether (sulfide) groups is 1. The predicted molar refractivity (Wildman–Crippen MR) is 63.0 cm³/mol. The van der Waals surface area contributed by atoms with Crippen molar-refractivity contribution in [2.75, 3.05) is 0 Å². The molecule has 17 heavy (non-hydrogen) atoms. The van der Waals surface area contributed by atoms with Gasteiger partial charge >= 0.3 is 5.97 Å². The van der Waals surface area contributed by atoms with Crippen molar-refractivity contribution in [3.63, 3.8) is 0 Å². The molecule has 3 rings (SSSR count). The van der Waals surface area contributed by atoms with Crippen molar-refractivity contribution in [2.24, 2.45) is 5.92 Å². The third-order valence-electron chi connectivity index (χ3n) is 3.07. The van der Waals surface area contributed by atoms with Crippen LogP contribution in [0.3, 0.4) is 0 Å². The Morgan fingerprint density at radius 1 is 1.41 bits per heavy atom. The summed E-state index contributed by atoms with van der Waals surface area (Å²) in [7, 11) is 0. The molecule has 0 amide bonds. The van der Waals surface area contributed by atoms with Gasteiger partial charge in [-0.15, -0.1) is 10.2 Å². The lowest BCUT2D eigenvalue weighted by molar-refractivity contribution is -0.144. The molecule has 5 nitrogen and oxygen atoms in total. The van der Waals surface area contributed by atoms with Gasteiger partial charge < -0.3 is 5.11 Å². The molecule has 0 bridgehead atoms. The van der Waals surface area contributed by atoms with Crippen molar-refractivity contribution < 1.29 is 9.90 Å². The van der Waals surface area contributed by atoms with E-state index in [0.29, 0.717) is 0 Å². The van der Waals surface area contributed by atoms with E-state index in [0.717, 1.165) is 23.6 Å². The predicted octanol–water partition coefficient (Wildman–Crippen LogP) is 1.68. The van der Waals surface area contributed by atoms with E-state index in [1.165, 1.54) is 11.8 Å². The molecule has 2 aromatic heterocycles. The van der Waals surface area contributed by atoms with Crippen LogP contribution in [-0.2, 0) is 4.79 Å². The Morgan fingerprint density at radius 2 is 2.29 bits per heavy atom. The molecule has 2 heterocycles. The highest BCUT2D eigenvalue weighted by atomic mass is 32.2. The van der Waals surface area contributed by atoms with E-state index in [9.17, 15) is 4.79 Å². The quantitative estimate of drug-likeness (QED) is 0.896. The van der Waals surface area contributed by atoms with Gasteiger partial charge in [-0.05, 0) is 25.0 Å². The molecule has 1 aliphatic carbocycles. The minimum atomic E-state index is -0.706. The van der Waals surface area contributed by atoms with Gasteiger partial charge in [0.15, 0.2) is 10.8 Å². The van der Waals surface area contributed by atoms with E-state index < -0.39 is 5.97 Å². The highest BCUT2D eigenvalue weighted by molar-refractivity contribution is 7.99. The molecular formula is C11H11N3O2S. The number of aliphatic carboxylic acids is 1. The van der Waals surface area contributed by atoms with Gasteiger partial charge in [0.25, 0.3) is 0 Å². The summed E-state index contributed by atoms with van der Waals surface area (Å²) in [5.74, 6) is -0.946. The summed E-state index contributed by atoms with van der Waals surface area (Å²) in [4.78, 5) is 10.9. The Morgan fingerprint density at radius 3 is 3.00 bits per heavy atom. The zero-order valence-corrected chi connectivity index (χ0v) is 9.80. The van der Waals surface area contributed by atoms with E-state index in [-0.39, 0.29) is 11.2 Å². The van der Waals surface area contributed by atoms with Crippen LogP contribution in [0.2, 0.25) is 0 Å². The Balaban J connectivity index is 1.83. The van der Waals surface area contributed by atoms with Crippen molar-refractivity contribution in [2.45, 2.75) is 23.2 Å². The maximum atomic E-state index is 10.9. The summed E-state index contributed by atoms with van der Waals surface area (Å²) in [6, 6.07) is 5.70. The number of nitrogens with zero attached hydrogens (tertiary/aromatic N) is 3. The Hall–Kier alpha value is -1.56. The molecule has 1 saturated carbocycles. The zero-order chi connectivity index (χ0) is 11.8. The standard InChI is InChI=1S/C11H11N3O2S/c15-10(16)7-4-5-8(7)17-11-13-12-9-3-1-2-6-14(9)11/h1-3,6-8H,4-5H2,(H,15,16). The fourth-order valence-electron chi connectivity index (χ4n) is 1.93. The fraction of sp³-hybridized carbons (Fsp3) is 0.364. The topological polar surface area (TPSA) is 67.5 Å². The monoisotopic (exact) mass is 249 g/mol. The van der Waals surface area contributed by atoms with Crippen molar-refractivity contribution in [3.05, 3.63) is 24.4 Å². The first-order chi connectivity index (χ1) is 8.25. The molecule has 0 radical (unpaired) electrons. The number of hydrogen-bond acceptors (Lipinski definition) is 4. The van der Waals surface area contributed by atoms with Gasteiger partial charge in [-0.25, -0.2) is 0 Å². The third kappa shape index (κ3) is 1.78. The van der Waals surface area contributed by atoms with Crippen LogP contribution in [0.1, 0.15) is 12.8 Å². The van der Waals surface area contributed by atoms with Crippen LogP contribution >= 0.6 is 11.8 Å². The lowest BCUT2D eigenvalue weighted by Gasteiger charge is -2.31. The highest BCUT2D eigenvalue weighted by Crippen LogP contribution is 2.40. The molecule has 2 aromatic rings. The summed E-state index contributed by atoms with van der Waals surface area (Å²) in [6.07, 6.45) is 3.60. The lowest BCUT2D eigenvalue weighted by Crippen LogP contribution is -2.35. The van der Waals surface area contributed by atoms with Crippen LogP contribution < -0.4 is 0 Å². The second kappa shape index (κ2) is 4.03. The average Bonchev–Trinajstić information content (AvgIpc) is 2.67. The first kappa shape index (κ1) is 10.6. The number of pyridine rings is 1. The van der Waals surface area contributed by atoms with Crippen molar-refractivity contribution >= 4 is 23.4 Å². The number of fused-ring (bicyclic) bond motifs is 1. The van der Waals surface area contributed by atoms with Crippen LogP contribution in [-0.4, -0.2) is 30.9 Å². The van der Waals surface area contributed by atoms with Gasteiger partial charge in [0.2, 0.25) is 0 Å². The normalized spacial score (nSPS) is 23.5. The van der Waals surface area contributed by atoms with Crippen molar-refractivity contribution in [1.29, 1.82) is 0 Å². The molecule has 1 N–H and O–H groups in total. The number of carboxylic acid groups (broad SMARTS) is 1. The van der Waals surface area contributed by atoms with E-state index in [1.54, 1.807) is 0 Å². The minimum Gasteiger partial charge on any atom is -0.481 e. The molecule has 1 aliphatic rings. The summed E-state index contributed by atoms with van der Waals surface area (Å²) in [5.41, 5.74) is 0.793. The maximum Gasteiger partial charge on any atom is 0.307 e. The second-order valence-corrected chi connectivity index (χ2v) is 5.30. The molecule has 2 unspecified atom stereocenters. The molecule has 0 saturated heterocycles. The Bertz CT molecular complexity index is 569.